The lowest BCUT2D eigenvalue weighted by atomic mass is 9.82. The van der Waals surface area contributed by atoms with Crippen LogP contribution < -0.4 is 10.5 Å². The predicted octanol–water partition coefficient (Wildman–Crippen LogP) is 2.09. The van der Waals surface area contributed by atoms with Crippen molar-refractivity contribution in [2.45, 2.75) is 43.4 Å². The number of benzene rings is 1. The highest BCUT2D eigenvalue weighted by Gasteiger charge is 2.38. The molecule has 3 N–H and O–H groups in total. The molecule has 1 fully saturated rings. The molecule has 1 saturated carbocycles. The number of hydrogen-bond donors (Lipinski definition) is 2. The van der Waals surface area contributed by atoms with Crippen LogP contribution >= 0.6 is 12.2 Å². The normalized spacial score (nSPS) is 18.6. The molecule has 1 aromatic carbocycles. The maximum absolute atomic E-state index is 12.4. The summed E-state index contributed by atoms with van der Waals surface area (Å²) >= 11 is 5.11. The highest BCUT2D eigenvalue weighted by Crippen LogP contribution is 2.29. The lowest BCUT2D eigenvalue weighted by Crippen LogP contribution is -2.57. The molecular weight excluding hydrogens is 292 g/mol. The molecule has 0 radical (unpaired) electrons. The number of sulfonamides is 1. The Labute approximate surface area is 125 Å². The molecule has 0 aliphatic heterocycles. The van der Waals surface area contributed by atoms with Gasteiger partial charge in [-0.25, -0.2) is 13.1 Å². The van der Waals surface area contributed by atoms with E-state index in [2.05, 4.69) is 4.72 Å². The van der Waals surface area contributed by atoms with Crippen LogP contribution in [0.5, 0.6) is 0 Å². The van der Waals surface area contributed by atoms with Gasteiger partial charge in [0.25, 0.3) is 0 Å². The standard InChI is InChI=1S/C14H20N2O2S2/c15-13(19)14(9-5-2-6-10-14)16-20(17,18)11-12-7-3-1-4-8-12/h1,3-4,7-8,16H,2,5-6,9-11H2,(H2,15,19). The molecule has 0 atom stereocenters. The second kappa shape index (κ2) is 6.20. The van der Waals surface area contributed by atoms with Gasteiger partial charge >= 0.3 is 0 Å². The second-order valence-corrected chi connectivity index (χ2v) is 7.52. The first-order valence-corrected chi connectivity index (χ1v) is 8.85. The van der Waals surface area contributed by atoms with Crippen molar-refractivity contribution in [2.75, 3.05) is 0 Å². The highest BCUT2D eigenvalue weighted by atomic mass is 32.2. The fourth-order valence-electron chi connectivity index (χ4n) is 2.68. The molecule has 0 saturated heterocycles. The van der Waals surface area contributed by atoms with Crippen molar-refractivity contribution in [2.24, 2.45) is 5.73 Å². The summed E-state index contributed by atoms with van der Waals surface area (Å²) in [4.78, 5) is 0.258. The van der Waals surface area contributed by atoms with Gasteiger partial charge in [-0.2, -0.15) is 0 Å². The Balaban J connectivity index is 2.15. The van der Waals surface area contributed by atoms with Gasteiger partial charge in [0.15, 0.2) is 0 Å². The van der Waals surface area contributed by atoms with Crippen LogP contribution in [-0.4, -0.2) is 18.9 Å². The maximum atomic E-state index is 12.4. The van der Waals surface area contributed by atoms with Crippen LogP contribution in [0.3, 0.4) is 0 Å². The maximum Gasteiger partial charge on any atom is 0.216 e. The number of nitrogens with one attached hydrogen (secondary N) is 1. The zero-order valence-electron chi connectivity index (χ0n) is 11.3. The van der Waals surface area contributed by atoms with Gasteiger partial charge in [0.2, 0.25) is 10.0 Å². The minimum atomic E-state index is -3.46. The van der Waals surface area contributed by atoms with E-state index >= 15 is 0 Å². The summed E-state index contributed by atoms with van der Waals surface area (Å²) in [7, 11) is -3.46. The van der Waals surface area contributed by atoms with Gasteiger partial charge in [0.1, 0.15) is 0 Å². The fourth-order valence-corrected chi connectivity index (χ4v) is 4.61. The van der Waals surface area contributed by atoms with Gasteiger partial charge in [0, 0.05) is 0 Å². The molecule has 0 amide bonds. The predicted molar refractivity (Wildman–Crippen MR) is 84.8 cm³/mol. The van der Waals surface area contributed by atoms with E-state index in [0.717, 1.165) is 24.8 Å². The van der Waals surface area contributed by atoms with Crippen LogP contribution in [0.2, 0.25) is 0 Å². The Hall–Kier alpha value is -0.980. The fraction of sp³-hybridized carbons (Fsp3) is 0.500. The van der Waals surface area contributed by atoms with Gasteiger partial charge in [-0.05, 0) is 18.4 Å². The van der Waals surface area contributed by atoms with Crippen LogP contribution in [0.1, 0.15) is 37.7 Å². The number of thiocarbonyl (C=S) groups is 1. The molecule has 20 heavy (non-hydrogen) atoms. The molecule has 0 unspecified atom stereocenters. The lowest BCUT2D eigenvalue weighted by molar-refractivity contribution is 0.353. The van der Waals surface area contributed by atoms with Crippen molar-refractivity contribution in [3.63, 3.8) is 0 Å². The summed E-state index contributed by atoms with van der Waals surface area (Å²) in [5, 5.41) is 0. The monoisotopic (exact) mass is 312 g/mol. The van der Waals surface area contributed by atoms with E-state index in [1.165, 1.54) is 0 Å². The molecule has 1 aliphatic rings. The first-order chi connectivity index (χ1) is 9.44. The minimum absolute atomic E-state index is 0.0434. The van der Waals surface area contributed by atoms with Crippen molar-refractivity contribution < 1.29 is 8.42 Å². The Morgan fingerprint density at radius 1 is 1.20 bits per heavy atom. The third-order valence-corrected chi connectivity index (χ3v) is 5.54. The van der Waals surface area contributed by atoms with Crippen molar-refractivity contribution in [1.82, 2.24) is 4.72 Å². The van der Waals surface area contributed by atoms with E-state index in [-0.39, 0.29) is 10.7 Å². The summed E-state index contributed by atoms with van der Waals surface area (Å²) in [5.74, 6) is -0.0434. The number of nitrogens with two attached hydrogens (primary N) is 1. The van der Waals surface area contributed by atoms with Crippen molar-refractivity contribution in [3.8, 4) is 0 Å². The van der Waals surface area contributed by atoms with E-state index in [9.17, 15) is 8.42 Å². The Morgan fingerprint density at radius 3 is 2.35 bits per heavy atom. The molecule has 1 aliphatic carbocycles. The van der Waals surface area contributed by atoms with Crippen LogP contribution in [0, 0.1) is 0 Å². The molecular formula is C14H20N2O2S2. The SMILES string of the molecule is NC(=S)C1(NS(=O)(=O)Cc2ccccc2)CCCCC1. The second-order valence-electron chi connectivity index (χ2n) is 5.35. The first kappa shape index (κ1) is 15.4. The molecule has 0 heterocycles. The largest absolute Gasteiger partial charge is 0.392 e. The van der Waals surface area contributed by atoms with Crippen molar-refractivity contribution in [1.29, 1.82) is 0 Å². The molecule has 4 nitrogen and oxygen atoms in total. The molecule has 0 spiro atoms. The smallest absolute Gasteiger partial charge is 0.216 e. The van der Waals surface area contributed by atoms with Crippen molar-refractivity contribution in [3.05, 3.63) is 35.9 Å². The molecule has 110 valence electrons. The molecule has 1 aromatic rings. The summed E-state index contributed by atoms with van der Waals surface area (Å²) < 4.78 is 27.5. The molecule has 0 aromatic heterocycles. The van der Waals surface area contributed by atoms with Gasteiger partial charge < -0.3 is 5.73 Å². The quantitative estimate of drug-likeness (QED) is 0.817. The molecule has 0 bridgehead atoms. The molecule has 6 heteroatoms. The zero-order valence-corrected chi connectivity index (χ0v) is 13.0. The van der Waals surface area contributed by atoms with Crippen LogP contribution in [0.4, 0.5) is 0 Å². The summed E-state index contributed by atoms with van der Waals surface area (Å²) in [6, 6.07) is 9.12. The topological polar surface area (TPSA) is 72.2 Å². The van der Waals surface area contributed by atoms with E-state index in [0.29, 0.717) is 12.8 Å². The summed E-state index contributed by atoms with van der Waals surface area (Å²) in [6.07, 6.45) is 4.38. The molecule has 2 rings (SSSR count). The van der Waals surface area contributed by atoms with Gasteiger partial charge in [-0.3, -0.25) is 0 Å². The Kier molecular flexibility index (Phi) is 4.78. The minimum Gasteiger partial charge on any atom is -0.392 e. The number of rotatable bonds is 5. The van der Waals surface area contributed by atoms with Crippen LogP contribution in [0.15, 0.2) is 30.3 Å². The van der Waals surface area contributed by atoms with Gasteiger partial charge in [-0.15, -0.1) is 0 Å². The van der Waals surface area contributed by atoms with E-state index in [4.69, 9.17) is 18.0 Å². The Morgan fingerprint density at radius 2 is 1.80 bits per heavy atom. The highest BCUT2D eigenvalue weighted by molar-refractivity contribution is 7.88. The first-order valence-electron chi connectivity index (χ1n) is 6.79. The summed E-state index contributed by atoms with van der Waals surface area (Å²) in [5.41, 5.74) is 5.83. The van der Waals surface area contributed by atoms with Crippen LogP contribution in [0.25, 0.3) is 0 Å². The average molecular weight is 312 g/mol. The third kappa shape index (κ3) is 3.77. The van der Waals surface area contributed by atoms with E-state index < -0.39 is 15.6 Å². The third-order valence-electron chi connectivity index (χ3n) is 3.73. The zero-order chi connectivity index (χ0) is 14.6. The summed E-state index contributed by atoms with van der Waals surface area (Å²) in [6.45, 7) is 0. The van der Waals surface area contributed by atoms with E-state index in [1.54, 1.807) is 12.1 Å². The van der Waals surface area contributed by atoms with E-state index in [1.807, 2.05) is 18.2 Å². The van der Waals surface area contributed by atoms with Crippen LogP contribution in [-0.2, 0) is 15.8 Å². The lowest BCUT2D eigenvalue weighted by Gasteiger charge is -2.36. The Bertz CT molecular complexity index is 564. The van der Waals surface area contributed by atoms with Crippen molar-refractivity contribution >= 4 is 27.2 Å². The van der Waals surface area contributed by atoms with Gasteiger partial charge in [-0.1, -0.05) is 61.8 Å². The average Bonchev–Trinajstić information content (AvgIpc) is 2.39. The number of hydrogen-bond acceptors (Lipinski definition) is 3. The van der Waals surface area contributed by atoms with Gasteiger partial charge in [0.05, 0.1) is 16.3 Å².